The van der Waals surface area contributed by atoms with Crippen molar-refractivity contribution in [1.82, 2.24) is 4.90 Å². The van der Waals surface area contributed by atoms with Crippen LogP contribution in [0.25, 0.3) is 0 Å². The second kappa shape index (κ2) is 4.63. The summed E-state index contributed by atoms with van der Waals surface area (Å²) in [7, 11) is 0. The molecule has 14 heavy (non-hydrogen) atoms. The quantitative estimate of drug-likeness (QED) is 0.752. The summed E-state index contributed by atoms with van der Waals surface area (Å²) >= 11 is 0. The van der Waals surface area contributed by atoms with Crippen LogP contribution in [-0.4, -0.2) is 30.6 Å². The first-order chi connectivity index (χ1) is 6.41. The van der Waals surface area contributed by atoms with Crippen molar-refractivity contribution >= 4 is 0 Å². The van der Waals surface area contributed by atoms with Crippen LogP contribution in [0.3, 0.4) is 0 Å². The third kappa shape index (κ3) is 3.58. The maximum atomic E-state index is 6.07. The zero-order valence-corrected chi connectivity index (χ0v) is 10.2. The Kier molecular flexibility index (Phi) is 3.96. The van der Waals surface area contributed by atoms with Gasteiger partial charge in [-0.1, -0.05) is 27.7 Å². The van der Waals surface area contributed by atoms with E-state index >= 15 is 0 Å². The van der Waals surface area contributed by atoms with Gasteiger partial charge in [-0.25, -0.2) is 0 Å². The molecule has 0 aromatic rings. The summed E-state index contributed by atoms with van der Waals surface area (Å²) < 4.78 is 0. The fraction of sp³-hybridized carbons (Fsp3) is 1.00. The number of piperidine rings is 1. The van der Waals surface area contributed by atoms with Gasteiger partial charge in [-0.15, -0.1) is 0 Å². The molecule has 0 aromatic heterocycles. The molecule has 1 heterocycles. The first-order valence-electron chi connectivity index (χ1n) is 5.89. The zero-order chi connectivity index (χ0) is 10.8. The molecule has 0 amide bonds. The van der Waals surface area contributed by atoms with Crippen molar-refractivity contribution in [3.05, 3.63) is 0 Å². The molecular formula is C12H26N2. The van der Waals surface area contributed by atoms with E-state index in [1.54, 1.807) is 0 Å². The summed E-state index contributed by atoms with van der Waals surface area (Å²) in [4.78, 5) is 2.52. The van der Waals surface area contributed by atoms with Crippen molar-refractivity contribution in [2.45, 2.75) is 46.6 Å². The van der Waals surface area contributed by atoms with E-state index in [2.05, 4.69) is 32.6 Å². The van der Waals surface area contributed by atoms with E-state index in [4.69, 9.17) is 5.73 Å². The van der Waals surface area contributed by atoms with Gasteiger partial charge >= 0.3 is 0 Å². The van der Waals surface area contributed by atoms with Crippen LogP contribution in [0.2, 0.25) is 0 Å². The van der Waals surface area contributed by atoms with Crippen LogP contribution in [0.4, 0.5) is 0 Å². The van der Waals surface area contributed by atoms with Crippen molar-refractivity contribution in [2.24, 2.45) is 17.1 Å². The molecule has 0 aromatic carbocycles. The van der Waals surface area contributed by atoms with Crippen LogP contribution in [0.5, 0.6) is 0 Å². The van der Waals surface area contributed by atoms with Crippen molar-refractivity contribution in [3.8, 4) is 0 Å². The molecule has 0 radical (unpaired) electrons. The van der Waals surface area contributed by atoms with Gasteiger partial charge in [-0.2, -0.15) is 0 Å². The van der Waals surface area contributed by atoms with Gasteiger partial charge in [0.2, 0.25) is 0 Å². The topological polar surface area (TPSA) is 29.3 Å². The second-order valence-corrected chi connectivity index (χ2v) is 5.87. The highest BCUT2D eigenvalue weighted by atomic mass is 15.1. The van der Waals surface area contributed by atoms with E-state index in [1.807, 2.05) is 0 Å². The lowest BCUT2D eigenvalue weighted by Gasteiger charge is -2.38. The molecule has 1 saturated heterocycles. The molecule has 0 saturated carbocycles. The fourth-order valence-electron chi connectivity index (χ4n) is 1.85. The minimum Gasteiger partial charge on any atom is -0.326 e. The molecule has 0 aliphatic carbocycles. The number of nitrogens with two attached hydrogens (primary N) is 1. The van der Waals surface area contributed by atoms with E-state index < -0.39 is 0 Å². The maximum Gasteiger partial charge on any atom is 0.0191 e. The van der Waals surface area contributed by atoms with Crippen molar-refractivity contribution in [1.29, 1.82) is 0 Å². The Hall–Kier alpha value is -0.0800. The Morgan fingerprint density at radius 1 is 1.21 bits per heavy atom. The molecule has 2 heteroatoms. The summed E-state index contributed by atoms with van der Waals surface area (Å²) in [6.45, 7) is 12.7. The first kappa shape index (κ1) is 12.0. The Morgan fingerprint density at radius 2 is 1.71 bits per heavy atom. The molecule has 84 valence electrons. The van der Waals surface area contributed by atoms with Gasteiger partial charge in [-0.05, 0) is 37.3 Å². The van der Waals surface area contributed by atoms with Gasteiger partial charge in [0.05, 0.1) is 0 Å². The smallest absolute Gasteiger partial charge is 0.0191 e. The van der Waals surface area contributed by atoms with Gasteiger partial charge in [0.15, 0.2) is 0 Å². The van der Waals surface area contributed by atoms with Crippen LogP contribution < -0.4 is 5.73 Å². The Balaban J connectivity index is 2.29. The summed E-state index contributed by atoms with van der Waals surface area (Å²) in [5.41, 5.74) is 6.63. The average molecular weight is 198 g/mol. The van der Waals surface area contributed by atoms with Crippen molar-refractivity contribution < 1.29 is 0 Å². The molecule has 1 aliphatic heterocycles. The standard InChI is InChI=1S/C12H26N2/c1-10(2)11(13)9-14-7-5-12(3,4)6-8-14/h10-11H,5-9,13H2,1-4H3. The van der Waals surface area contributed by atoms with Gasteiger partial charge in [0.1, 0.15) is 0 Å². The van der Waals surface area contributed by atoms with E-state index in [1.165, 1.54) is 25.9 Å². The lowest BCUT2D eigenvalue weighted by Crippen LogP contribution is -2.45. The molecule has 1 rings (SSSR count). The first-order valence-corrected chi connectivity index (χ1v) is 5.89. The molecule has 1 atom stereocenters. The minimum absolute atomic E-state index is 0.344. The van der Waals surface area contributed by atoms with Crippen molar-refractivity contribution in [2.75, 3.05) is 19.6 Å². The lowest BCUT2D eigenvalue weighted by atomic mass is 9.82. The maximum absolute atomic E-state index is 6.07. The number of hydrogen-bond acceptors (Lipinski definition) is 2. The SMILES string of the molecule is CC(C)C(N)CN1CCC(C)(C)CC1. The molecule has 0 bridgehead atoms. The van der Waals surface area contributed by atoms with Gasteiger partial charge in [0.25, 0.3) is 0 Å². The monoisotopic (exact) mass is 198 g/mol. The third-order valence-corrected chi connectivity index (χ3v) is 3.53. The van der Waals surface area contributed by atoms with E-state index in [0.717, 1.165) is 6.54 Å². The van der Waals surface area contributed by atoms with Gasteiger partial charge in [0, 0.05) is 12.6 Å². The number of nitrogens with zero attached hydrogens (tertiary/aromatic N) is 1. The largest absolute Gasteiger partial charge is 0.326 e. The van der Waals surface area contributed by atoms with Crippen LogP contribution in [-0.2, 0) is 0 Å². The summed E-state index contributed by atoms with van der Waals surface area (Å²) in [6, 6.07) is 0.344. The number of rotatable bonds is 3. The molecule has 2 nitrogen and oxygen atoms in total. The number of hydrogen-bond donors (Lipinski definition) is 1. The highest BCUT2D eigenvalue weighted by molar-refractivity contribution is 4.81. The van der Waals surface area contributed by atoms with Crippen LogP contribution in [0, 0.1) is 11.3 Å². The van der Waals surface area contributed by atoms with E-state index in [0.29, 0.717) is 17.4 Å². The molecule has 2 N–H and O–H groups in total. The van der Waals surface area contributed by atoms with Gasteiger partial charge in [-0.3, -0.25) is 0 Å². The third-order valence-electron chi connectivity index (χ3n) is 3.53. The second-order valence-electron chi connectivity index (χ2n) is 5.87. The summed E-state index contributed by atoms with van der Waals surface area (Å²) in [5, 5.41) is 0. The van der Waals surface area contributed by atoms with Crippen LogP contribution in [0.1, 0.15) is 40.5 Å². The Bertz CT molecular complexity index is 165. The fourth-order valence-corrected chi connectivity index (χ4v) is 1.85. The van der Waals surface area contributed by atoms with E-state index in [-0.39, 0.29) is 0 Å². The summed E-state index contributed by atoms with van der Waals surface area (Å²) in [6.07, 6.45) is 2.63. The molecule has 0 spiro atoms. The highest BCUT2D eigenvalue weighted by Gasteiger charge is 2.26. The molecule has 1 unspecified atom stereocenters. The highest BCUT2D eigenvalue weighted by Crippen LogP contribution is 2.29. The molecular weight excluding hydrogens is 172 g/mol. The van der Waals surface area contributed by atoms with E-state index in [9.17, 15) is 0 Å². The predicted molar refractivity (Wildman–Crippen MR) is 62.3 cm³/mol. The van der Waals surface area contributed by atoms with Gasteiger partial charge < -0.3 is 10.6 Å². The normalized spacial score (nSPS) is 25.3. The summed E-state index contributed by atoms with van der Waals surface area (Å²) in [5.74, 6) is 0.602. The zero-order valence-electron chi connectivity index (χ0n) is 10.2. The predicted octanol–water partition coefficient (Wildman–Crippen LogP) is 2.09. The lowest BCUT2D eigenvalue weighted by molar-refractivity contribution is 0.121. The number of likely N-dealkylation sites (tertiary alicyclic amines) is 1. The minimum atomic E-state index is 0.344. The van der Waals surface area contributed by atoms with Crippen molar-refractivity contribution in [3.63, 3.8) is 0 Å². The van der Waals surface area contributed by atoms with Crippen LogP contribution in [0.15, 0.2) is 0 Å². The molecule has 1 fully saturated rings. The van der Waals surface area contributed by atoms with Crippen LogP contribution >= 0.6 is 0 Å². The molecule has 1 aliphatic rings. The Morgan fingerprint density at radius 3 is 2.14 bits per heavy atom. The Labute approximate surface area is 88.8 Å². The average Bonchev–Trinajstić information content (AvgIpc) is 2.08.